The monoisotopic (exact) mass is 588 g/mol. The molecule has 1 unspecified atom stereocenters. The minimum atomic E-state index is -4.15. The number of anilines is 1. The lowest BCUT2D eigenvalue weighted by molar-refractivity contribution is -0.119. The molecule has 1 aliphatic heterocycles. The molecule has 4 rings (SSSR count). The van der Waals surface area contributed by atoms with Crippen LogP contribution in [0.3, 0.4) is 0 Å². The van der Waals surface area contributed by atoms with Crippen LogP contribution in [0.1, 0.15) is 29.5 Å². The van der Waals surface area contributed by atoms with Gasteiger partial charge in [-0.05, 0) is 47.9 Å². The molecule has 0 fully saturated rings. The van der Waals surface area contributed by atoms with Gasteiger partial charge in [-0.2, -0.15) is 0 Å². The Bertz CT molecular complexity index is 1470. The van der Waals surface area contributed by atoms with Crippen LogP contribution in [0.2, 0.25) is 19.4 Å². The van der Waals surface area contributed by atoms with Crippen molar-refractivity contribution in [3.05, 3.63) is 84.6 Å². The van der Waals surface area contributed by atoms with Crippen LogP contribution in [0, 0.1) is 0 Å². The van der Waals surface area contributed by atoms with Crippen molar-refractivity contribution in [2.45, 2.75) is 23.6 Å². The fourth-order valence-electron chi connectivity index (χ4n) is 3.67. The van der Waals surface area contributed by atoms with Crippen molar-refractivity contribution in [2.24, 2.45) is 0 Å². The summed E-state index contributed by atoms with van der Waals surface area (Å²) < 4.78 is 26.8. The van der Waals surface area contributed by atoms with E-state index in [9.17, 15) is 18.0 Å². The molecule has 182 valence electrons. The first-order valence-corrected chi connectivity index (χ1v) is 13.9. The molecule has 1 aliphatic rings. The molecule has 0 bridgehead atoms. The molecule has 2 aromatic carbocycles. The number of fused-ring (bicyclic) bond motifs is 1. The lowest BCUT2D eigenvalue weighted by Crippen LogP contribution is -2.28. The number of sulfonamides is 1. The lowest BCUT2D eigenvalue weighted by Gasteiger charge is -2.20. The third-order valence-electron chi connectivity index (χ3n) is 5.35. The van der Waals surface area contributed by atoms with Gasteiger partial charge in [-0.1, -0.05) is 70.7 Å². The number of carbonyl (C=O) groups is 2. The van der Waals surface area contributed by atoms with Gasteiger partial charge in [0.05, 0.1) is 23.2 Å². The fraction of sp³-hybridized carbons (Fsp3) is 0.130. The van der Waals surface area contributed by atoms with Gasteiger partial charge in [0.2, 0.25) is 5.91 Å². The van der Waals surface area contributed by atoms with Crippen LogP contribution in [0.15, 0.2) is 52.7 Å². The predicted molar refractivity (Wildman–Crippen MR) is 141 cm³/mol. The summed E-state index contributed by atoms with van der Waals surface area (Å²) in [6.07, 6.45) is 2.55. The summed E-state index contributed by atoms with van der Waals surface area (Å²) in [6.45, 7) is 2.01. The molecule has 0 spiro atoms. The Morgan fingerprint density at radius 2 is 1.86 bits per heavy atom. The van der Waals surface area contributed by atoms with E-state index in [1.165, 1.54) is 12.1 Å². The van der Waals surface area contributed by atoms with Crippen LogP contribution in [0.25, 0.3) is 6.08 Å². The third kappa shape index (κ3) is 5.38. The Morgan fingerprint density at radius 1 is 1.11 bits per heavy atom. The van der Waals surface area contributed by atoms with Crippen LogP contribution in [-0.4, -0.2) is 20.2 Å². The number of nitrogens with one attached hydrogen (secondary N) is 1. The van der Waals surface area contributed by atoms with Crippen molar-refractivity contribution in [1.29, 1.82) is 0 Å². The lowest BCUT2D eigenvalue weighted by atomic mass is 10.00. The Balaban J connectivity index is 1.61. The minimum absolute atomic E-state index is 0.0829. The maximum Gasteiger partial charge on any atom is 0.273 e. The van der Waals surface area contributed by atoms with Gasteiger partial charge in [-0.15, -0.1) is 11.3 Å². The number of hydrogen-bond acceptors (Lipinski definition) is 5. The molecule has 0 aliphatic carbocycles. The van der Waals surface area contributed by atoms with Gasteiger partial charge in [-0.3, -0.25) is 9.59 Å². The second-order valence-electron chi connectivity index (χ2n) is 7.66. The molecule has 0 saturated heterocycles. The second kappa shape index (κ2) is 10.1. The zero-order valence-electron chi connectivity index (χ0n) is 17.9. The molecule has 35 heavy (non-hydrogen) atoms. The molecule has 1 N–H and O–H groups in total. The van der Waals surface area contributed by atoms with Crippen LogP contribution in [0.5, 0.6) is 0 Å². The van der Waals surface area contributed by atoms with Crippen molar-refractivity contribution in [1.82, 2.24) is 4.72 Å². The number of carbonyl (C=O) groups excluding carboxylic acids is 2. The van der Waals surface area contributed by atoms with Gasteiger partial charge in [0.15, 0.2) is 0 Å². The number of amides is 2. The van der Waals surface area contributed by atoms with Crippen LogP contribution in [0.4, 0.5) is 5.69 Å². The molecule has 0 saturated carbocycles. The van der Waals surface area contributed by atoms with Gasteiger partial charge in [0, 0.05) is 16.1 Å². The molecule has 2 amide bonds. The summed E-state index contributed by atoms with van der Waals surface area (Å²) in [5.41, 5.74) is 2.69. The molecule has 12 heteroatoms. The van der Waals surface area contributed by atoms with Crippen LogP contribution >= 0.6 is 57.7 Å². The van der Waals surface area contributed by atoms with Crippen molar-refractivity contribution in [2.75, 3.05) is 4.90 Å². The highest BCUT2D eigenvalue weighted by Gasteiger charge is 2.35. The number of hydrogen-bond donors (Lipinski definition) is 1. The summed E-state index contributed by atoms with van der Waals surface area (Å²) in [5, 5.41) is 0.995. The number of nitrogens with zero attached hydrogens (tertiary/aromatic N) is 1. The van der Waals surface area contributed by atoms with E-state index in [1.807, 2.05) is 10.8 Å². The Labute approximate surface area is 226 Å². The van der Waals surface area contributed by atoms with Gasteiger partial charge < -0.3 is 4.90 Å². The van der Waals surface area contributed by atoms with E-state index < -0.39 is 21.8 Å². The molecule has 0 radical (unpaired) electrons. The van der Waals surface area contributed by atoms with Crippen LogP contribution in [-0.2, 0) is 26.2 Å². The van der Waals surface area contributed by atoms with Crippen molar-refractivity contribution >= 4 is 91.3 Å². The maximum atomic E-state index is 13.1. The Morgan fingerprint density at radius 3 is 2.51 bits per heavy atom. The van der Waals surface area contributed by atoms with Gasteiger partial charge >= 0.3 is 0 Å². The average Bonchev–Trinajstić information content (AvgIpc) is 3.26. The van der Waals surface area contributed by atoms with Crippen molar-refractivity contribution in [3.8, 4) is 0 Å². The smallest absolute Gasteiger partial charge is 0.273 e. The SMILES string of the molecule is CC1C(=O)N(Cc2ccc(Cl)cc2Cl)c2c(/C=C/C(=O)NS(=O)(=O)c3cc(Cl)c(Cl)s3)cccc21. The zero-order chi connectivity index (χ0) is 25.5. The molecule has 2 heterocycles. The molecule has 1 aromatic heterocycles. The molecule has 6 nitrogen and oxygen atoms in total. The topological polar surface area (TPSA) is 83.6 Å². The Kier molecular flexibility index (Phi) is 7.52. The van der Waals surface area contributed by atoms with E-state index in [0.29, 0.717) is 26.9 Å². The molecular formula is C23H16Cl4N2O4S2. The quantitative estimate of drug-likeness (QED) is 0.331. The van der Waals surface area contributed by atoms with E-state index in [4.69, 9.17) is 46.4 Å². The number of para-hydroxylation sites is 1. The van der Waals surface area contributed by atoms with E-state index in [1.54, 1.807) is 42.2 Å². The summed E-state index contributed by atoms with van der Waals surface area (Å²) in [6, 6.07) is 11.6. The van der Waals surface area contributed by atoms with Crippen molar-refractivity contribution in [3.63, 3.8) is 0 Å². The average molecular weight is 590 g/mol. The highest BCUT2D eigenvalue weighted by molar-refractivity contribution is 7.92. The number of rotatable bonds is 6. The second-order valence-corrected chi connectivity index (χ2v) is 12.5. The highest BCUT2D eigenvalue weighted by Crippen LogP contribution is 2.41. The standard InChI is InChI=1S/C23H16Cl4N2O4S2/c1-12-16-4-2-3-13(6-8-19(30)28-35(32,33)20-10-18(26)22(27)34-20)21(16)29(23(12)31)11-14-5-7-15(24)9-17(14)25/h2-10,12H,11H2,1H3,(H,28,30)/b8-6+. The first-order valence-electron chi connectivity index (χ1n) is 10.1. The first kappa shape index (κ1) is 26.0. The maximum absolute atomic E-state index is 13.1. The number of benzene rings is 2. The summed E-state index contributed by atoms with van der Waals surface area (Å²) in [4.78, 5) is 27.1. The Hall–Kier alpha value is -2.07. The van der Waals surface area contributed by atoms with E-state index in [-0.39, 0.29) is 26.0 Å². The number of thiophene rings is 1. The summed E-state index contributed by atoms with van der Waals surface area (Å²) in [7, 11) is -4.15. The normalized spacial score (nSPS) is 15.6. The van der Waals surface area contributed by atoms with E-state index in [0.717, 1.165) is 23.0 Å². The third-order valence-corrected chi connectivity index (χ3v) is 9.62. The highest BCUT2D eigenvalue weighted by atomic mass is 35.5. The zero-order valence-corrected chi connectivity index (χ0v) is 22.5. The van der Waals surface area contributed by atoms with E-state index in [2.05, 4.69) is 0 Å². The summed E-state index contributed by atoms with van der Waals surface area (Å²) in [5.74, 6) is -1.38. The fourth-order valence-corrected chi connectivity index (χ4v) is 6.96. The largest absolute Gasteiger partial charge is 0.307 e. The molecular weight excluding hydrogens is 574 g/mol. The minimum Gasteiger partial charge on any atom is -0.307 e. The predicted octanol–water partition coefficient (Wildman–Crippen LogP) is 6.53. The van der Waals surface area contributed by atoms with Crippen molar-refractivity contribution < 1.29 is 18.0 Å². The molecule has 3 aromatic rings. The molecule has 1 atom stereocenters. The van der Waals surface area contributed by atoms with Gasteiger partial charge in [0.25, 0.3) is 15.9 Å². The summed E-state index contributed by atoms with van der Waals surface area (Å²) >= 11 is 24.7. The van der Waals surface area contributed by atoms with Gasteiger partial charge in [-0.25, -0.2) is 13.1 Å². The number of halogens is 4. The first-order chi connectivity index (χ1) is 16.5. The van der Waals surface area contributed by atoms with E-state index >= 15 is 0 Å². The van der Waals surface area contributed by atoms with Crippen LogP contribution < -0.4 is 9.62 Å². The van der Waals surface area contributed by atoms with Gasteiger partial charge in [0.1, 0.15) is 8.55 Å².